The minimum Gasteiger partial charge on any atom is -0.501 e. The second-order valence-electron chi connectivity index (χ2n) is 11.5. The predicted molar refractivity (Wildman–Crippen MR) is 114 cm³/mol. The molecule has 1 saturated heterocycles. The molecule has 0 unspecified atom stereocenters. The highest BCUT2D eigenvalue weighted by atomic mass is 16.7. The highest BCUT2D eigenvalue weighted by molar-refractivity contribution is 5.37. The Balaban J connectivity index is 1.28. The van der Waals surface area contributed by atoms with Gasteiger partial charge < -0.3 is 19.3 Å². The van der Waals surface area contributed by atoms with Crippen LogP contribution in [0.5, 0.6) is 0 Å². The van der Waals surface area contributed by atoms with Gasteiger partial charge in [0, 0.05) is 12.8 Å². The summed E-state index contributed by atoms with van der Waals surface area (Å²) in [4.78, 5) is 0. The van der Waals surface area contributed by atoms with Gasteiger partial charge in [-0.3, -0.25) is 0 Å². The summed E-state index contributed by atoms with van der Waals surface area (Å²) in [6, 6.07) is 0. The molecule has 6 rings (SSSR count). The molecule has 4 fully saturated rings. The second kappa shape index (κ2) is 6.59. The van der Waals surface area contributed by atoms with Crippen molar-refractivity contribution in [3.8, 4) is 0 Å². The number of allylic oxidation sites excluding steroid dienone is 4. The van der Waals surface area contributed by atoms with Gasteiger partial charge in [0.1, 0.15) is 0 Å². The van der Waals surface area contributed by atoms with Crippen molar-refractivity contribution < 1.29 is 19.3 Å². The van der Waals surface area contributed by atoms with Gasteiger partial charge in [0.25, 0.3) is 0 Å². The van der Waals surface area contributed by atoms with E-state index in [1.807, 2.05) is 0 Å². The number of ether oxygens (including phenoxy) is 3. The first kappa shape index (κ1) is 19.8. The van der Waals surface area contributed by atoms with Gasteiger partial charge in [-0.25, -0.2) is 0 Å². The molecule has 30 heavy (non-hydrogen) atoms. The van der Waals surface area contributed by atoms with Crippen LogP contribution in [-0.2, 0) is 14.2 Å². The Morgan fingerprint density at radius 3 is 2.70 bits per heavy atom. The Kier molecular flexibility index (Phi) is 4.35. The molecular formula is C26H38O4. The van der Waals surface area contributed by atoms with Crippen LogP contribution in [-0.4, -0.2) is 37.3 Å². The Hall–Kier alpha value is -0.840. The fourth-order valence-electron chi connectivity index (χ4n) is 8.98. The molecule has 4 heteroatoms. The molecule has 4 nitrogen and oxygen atoms in total. The van der Waals surface area contributed by atoms with Crippen LogP contribution in [0.2, 0.25) is 0 Å². The van der Waals surface area contributed by atoms with Crippen molar-refractivity contribution in [2.45, 2.75) is 77.1 Å². The quantitative estimate of drug-likeness (QED) is 0.716. The number of rotatable bonds is 4. The van der Waals surface area contributed by atoms with Crippen LogP contribution in [0.1, 0.15) is 65.2 Å². The molecule has 8 atom stereocenters. The van der Waals surface area contributed by atoms with E-state index in [-0.39, 0.29) is 17.1 Å². The van der Waals surface area contributed by atoms with E-state index in [0.717, 1.165) is 42.8 Å². The van der Waals surface area contributed by atoms with Crippen LogP contribution < -0.4 is 0 Å². The Morgan fingerprint density at radius 2 is 1.93 bits per heavy atom. The summed E-state index contributed by atoms with van der Waals surface area (Å²) >= 11 is 0. The van der Waals surface area contributed by atoms with Gasteiger partial charge >= 0.3 is 0 Å². The normalized spacial score (nSPS) is 51.9. The molecule has 0 spiro atoms. The summed E-state index contributed by atoms with van der Waals surface area (Å²) < 4.78 is 17.0. The average Bonchev–Trinajstić information content (AvgIpc) is 3.29. The fourth-order valence-corrected chi connectivity index (χ4v) is 8.98. The second-order valence-corrected chi connectivity index (χ2v) is 11.5. The van der Waals surface area contributed by atoms with Crippen molar-refractivity contribution in [3.63, 3.8) is 0 Å². The summed E-state index contributed by atoms with van der Waals surface area (Å²) in [6.45, 7) is 6.35. The summed E-state index contributed by atoms with van der Waals surface area (Å²) in [5, 5.41) is 12.1. The Bertz CT molecular complexity index is 782. The highest BCUT2D eigenvalue weighted by Gasteiger charge is 2.75. The van der Waals surface area contributed by atoms with Crippen LogP contribution in [0.15, 0.2) is 23.5 Å². The molecule has 5 aliphatic carbocycles. The molecule has 0 aromatic heterocycles. The summed E-state index contributed by atoms with van der Waals surface area (Å²) in [5.74, 6) is 4.50. The third-order valence-corrected chi connectivity index (χ3v) is 10.6. The predicted octanol–water partition coefficient (Wildman–Crippen LogP) is 4.83. The summed E-state index contributed by atoms with van der Waals surface area (Å²) in [5.41, 5.74) is 1.31. The van der Waals surface area contributed by atoms with Crippen molar-refractivity contribution in [1.82, 2.24) is 0 Å². The molecule has 6 aliphatic rings. The number of hydrogen-bond acceptors (Lipinski definition) is 4. The molecule has 1 heterocycles. The minimum atomic E-state index is -0.538. The fraction of sp³-hybridized carbons (Fsp3) is 0.846. The van der Waals surface area contributed by atoms with Gasteiger partial charge in [-0.2, -0.15) is 0 Å². The molecule has 0 aromatic carbocycles. The molecule has 1 aliphatic heterocycles. The first-order valence-electron chi connectivity index (χ1n) is 12.3. The SMILES string of the molecule is COC1=CC2=CC[C@H]3[C@@H]4[C@@H]5C[C@@H]5[C@](O)(CCC5OCCO5)[C@@]4(C)CC[C@@H]3[C@@]2(C)CC1. The summed E-state index contributed by atoms with van der Waals surface area (Å²) in [6.07, 6.45) is 13.5. The molecule has 166 valence electrons. The third kappa shape index (κ3) is 2.50. The maximum atomic E-state index is 12.1. The number of aliphatic hydroxyl groups is 1. The molecule has 0 amide bonds. The number of fused-ring (bicyclic) bond motifs is 7. The van der Waals surface area contributed by atoms with Crippen molar-refractivity contribution in [2.24, 2.45) is 40.4 Å². The van der Waals surface area contributed by atoms with E-state index in [9.17, 15) is 5.11 Å². The lowest BCUT2D eigenvalue weighted by atomic mass is 9.46. The van der Waals surface area contributed by atoms with Crippen molar-refractivity contribution in [3.05, 3.63) is 23.5 Å². The van der Waals surface area contributed by atoms with E-state index in [1.165, 1.54) is 37.7 Å². The lowest BCUT2D eigenvalue weighted by Gasteiger charge is -2.59. The van der Waals surface area contributed by atoms with Crippen LogP contribution in [0.4, 0.5) is 0 Å². The van der Waals surface area contributed by atoms with Gasteiger partial charge in [-0.15, -0.1) is 0 Å². The van der Waals surface area contributed by atoms with Crippen LogP contribution in [0.25, 0.3) is 0 Å². The largest absolute Gasteiger partial charge is 0.501 e. The molecular weight excluding hydrogens is 376 g/mol. The van der Waals surface area contributed by atoms with E-state index in [4.69, 9.17) is 14.2 Å². The lowest BCUT2D eigenvalue weighted by Crippen LogP contribution is -2.56. The van der Waals surface area contributed by atoms with E-state index in [0.29, 0.717) is 25.0 Å². The van der Waals surface area contributed by atoms with Crippen LogP contribution in [0, 0.1) is 40.4 Å². The molecule has 0 radical (unpaired) electrons. The van der Waals surface area contributed by atoms with Crippen LogP contribution >= 0.6 is 0 Å². The number of methoxy groups -OCH3 is 1. The zero-order valence-corrected chi connectivity index (χ0v) is 18.9. The smallest absolute Gasteiger partial charge is 0.157 e. The maximum Gasteiger partial charge on any atom is 0.157 e. The van der Waals surface area contributed by atoms with E-state index >= 15 is 0 Å². The zero-order chi connectivity index (χ0) is 20.7. The first-order chi connectivity index (χ1) is 14.4. The van der Waals surface area contributed by atoms with E-state index in [2.05, 4.69) is 26.0 Å². The monoisotopic (exact) mass is 414 g/mol. The Labute approximate surface area is 181 Å². The summed E-state index contributed by atoms with van der Waals surface area (Å²) in [7, 11) is 1.81. The average molecular weight is 415 g/mol. The topological polar surface area (TPSA) is 47.9 Å². The van der Waals surface area contributed by atoms with Gasteiger partial charge in [0.2, 0.25) is 0 Å². The highest BCUT2D eigenvalue weighted by Crippen LogP contribution is 2.77. The van der Waals surface area contributed by atoms with Gasteiger partial charge in [0.05, 0.1) is 31.7 Å². The van der Waals surface area contributed by atoms with Crippen molar-refractivity contribution >= 4 is 0 Å². The van der Waals surface area contributed by atoms with E-state index < -0.39 is 5.60 Å². The third-order valence-electron chi connectivity index (χ3n) is 10.6. The lowest BCUT2D eigenvalue weighted by molar-refractivity contribution is -0.156. The maximum absolute atomic E-state index is 12.1. The zero-order valence-electron chi connectivity index (χ0n) is 18.9. The first-order valence-corrected chi connectivity index (χ1v) is 12.3. The van der Waals surface area contributed by atoms with Crippen LogP contribution in [0.3, 0.4) is 0 Å². The van der Waals surface area contributed by atoms with E-state index in [1.54, 1.807) is 7.11 Å². The van der Waals surface area contributed by atoms with Gasteiger partial charge in [0.15, 0.2) is 6.29 Å². The van der Waals surface area contributed by atoms with Crippen molar-refractivity contribution in [1.29, 1.82) is 0 Å². The number of hydrogen-bond donors (Lipinski definition) is 1. The molecule has 3 saturated carbocycles. The van der Waals surface area contributed by atoms with Gasteiger partial charge in [-0.05, 0) is 90.6 Å². The minimum absolute atomic E-state index is 0.0459. The standard InChI is InChI=1S/C26H38O4/c1-24-9-6-17(28-3)14-16(24)4-5-18-20(24)7-10-25(2)23(18)19-15-21(19)26(25,27)11-8-22-29-12-13-30-22/h4,14,18-23,27H,5-13,15H2,1-3H3/t18-,19-,20+,21+,23-,24+,25+,26-/m1/s1. The Morgan fingerprint density at radius 1 is 1.13 bits per heavy atom. The van der Waals surface area contributed by atoms with Crippen molar-refractivity contribution in [2.75, 3.05) is 20.3 Å². The van der Waals surface area contributed by atoms with Gasteiger partial charge in [-0.1, -0.05) is 19.9 Å². The molecule has 0 bridgehead atoms. The molecule has 1 N–H and O–H groups in total. The molecule has 0 aromatic rings.